The van der Waals surface area contributed by atoms with Crippen molar-refractivity contribution in [1.29, 1.82) is 0 Å². The molecule has 132 valence electrons. The van der Waals surface area contributed by atoms with Crippen molar-refractivity contribution in [1.82, 2.24) is 4.90 Å². The highest BCUT2D eigenvalue weighted by atomic mass is 19.1. The molecule has 2 N–H and O–H groups in total. The zero-order valence-electron chi connectivity index (χ0n) is 14.0. The van der Waals surface area contributed by atoms with E-state index >= 15 is 0 Å². The van der Waals surface area contributed by atoms with Gasteiger partial charge in [0.15, 0.2) is 0 Å². The maximum atomic E-state index is 14.2. The van der Waals surface area contributed by atoms with Crippen LogP contribution < -0.4 is 5.73 Å². The van der Waals surface area contributed by atoms with E-state index < -0.39 is 23.7 Å². The molecule has 1 aliphatic rings. The van der Waals surface area contributed by atoms with Crippen LogP contribution >= 0.6 is 0 Å². The Kier molecular flexibility index (Phi) is 5.15. The van der Waals surface area contributed by atoms with Crippen LogP contribution in [0.3, 0.4) is 0 Å². The van der Waals surface area contributed by atoms with Gasteiger partial charge in [0.2, 0.25) is 5.91 Å². The van der Waals surface area contributed by atoms with E-state index in [1.807, 2.05) is 30.3 Å². The quantitative estimate of drug-likeness (QED) is 0.859. The Bertz CT molecular complexity index is 887. The first-order valence-electron chi connectivity index (χ1n) is 8.22. The number of benzene rings is 2. The fraction of sp³-hybridized carbons (Fsp3) is 0.190. The van der Waals surface area contributed by atoms with Crippen LogP contribution in [0.1, 0.15) is 23.6 Å². The highest BCUT2D eigenvalue weighted by Gasteiger charge is 2.33. The van der Waals surface area contributed by atoms with Gasteiger partial charge in [-0.15, -0.1) is 12.3 Å². The molecule has 0 aliphatic carbocycles. The molecule has 0 spiro atoms. The minimum atomic E-state index is -0.837. The Balaban J connectivity index is 2.00. The Hall–Kier alpha value is -2.97. The minimum absolute atomic E-state index is 0.112. The molecule has 5 heteroatoms. The smallest absolute Gasteiger partial charge is 0.241 e. The van der Waals surface area contributed by atoms with E-state index in [0.717, 1.165) is 23.8 Å². The van der Waals surface area contributed by atoms with Gasteiger partial charge in [-0.05, 0) is 29.3 Å². The highest BCUT2D eigenvalue weighted by Crippen LogP contribution is 2.36. The molecule has 1 heterocycles. The van der Waals surface area contributed by atoms with Crippen LogP contribution in [-0.4, -0.2) is 23.4 Å². The fourth-order valence-electron chi connectivity index (χ4n) is 3.10. The van der Waals surface area contributed by atoms with E-state index in [1.165, 1.54) is 0 Å². The molecule has 1 amide bonds. The van der Waals surface area contributed by atoms with Crippen molar-refractivity contribution in [3.8, 4) is 12.3 Å². The first-order valence-corrected chi connectivity index (χ1v) is 8.22. The van der Waals surface area contributed by atoms with E-state index in [-0.39, 0.29) is 24.4 Å². The van der Waals surface area contributed by atoms with Gasteiger partial charge < -0.3 is 10.6 Å². The number of halogens is 2. The summed E-state index contributed by atoms with van der Waals surface area (Å²) in [5.41, 5.74) is 7.44. The second kappa shape index (κ2) is 7.51. The molecule has 0 saturated heterocycles. The van der Waals surface area contributed by atoms with E-state index in [4.69, 9.17) is 12.2 Å². The molecule has 26 heavy (non-hydrogen) atoms. The van der Waals surface area contributed by atoms with Gasteiger partial charge >= 0.3 is 0 Å². The predicted octanol–water partition coefficient (Wildman–Crippen LogP) is 3.28. The Labute approximate surface area is 151 Å². The number of rotatable bonds is 4. The summed E-state index contributed by atoms with van der Waals surface area (Å²) < 4.78 is 27.8. The zero-order chi connectivity index (χ0) is 18.7. The number of hydrogen-bond acceptors (Lipinski definition) is 2. The molecule has 3 nitrogen and oxygen atoms in total. The number of hydrogen-bond donors (Lipinski definition) is 1. The van der Waals surface area contributed by atoms with Crippen molar-refractivity contribution >= 4 is 11.5 Å². The van der Waals surface area contributed by atoms with Crippen LogP contribution in [0, 0.1) is 24.0 Å². The molecular weight excluding hydrogens is 334 g/mol. The van der Waals surface area contributed by atoms with E-state index in [1.54, 1.807) is 11.0 Å². The normalized spacial score (nSPS) is 17.5. The van der Waals surface area contributed by atoms with Gasteiger partial charge in [-0.25, -0.2) is 8.78 Å². The summed E-state index contributed by atoms with van der Waals surface area (Å²) in [7, 11) is 0. The second-order valence-corrected chi connectivity index (χ2v) is 6.15. The lowest BCUT2D eigenvalue weighted by Crippen LogP contribution is -2.43. The van der Waals surface area contributed by atoms with Crippen molar-refractivity contribution < 1.29 is 13.6 Å². The molecule has 0 saturated carbocycles. The lowest BCUT2D eigenvalue weighted by Gasteiger charge is -2.27. The second-order valence-electron chi connectivity index (χ2n) is 6.15. The van der Waals surface area contributed by atoms with Crippen molar-refractivity contribution in [3.63, 3.8) is 0 Å². The van der Waals surface area contributed by atoms with Crippen LogP contribution in [0.2, 0.25) is 0 Å². The zero-order valence-corrected chi connectivity index (χ0v) is 14.0. The van der Waals surface area contributed by atoms with Gasteiger partial charge in [0.05, 0.1) is 12.1 Å². The maximum Gasteiger partial charge on any atom is 0.241 e. The highest BCUT2D eigenvalue weighted by molar-refractivity contribution is 5.87. The van der Waals surface area contributed by atoms with E-state index in [2.05, 4.69) is 5.92 Å². The Morgan fingerprint density at radius 3 is 2.69 bits per heavy atom. The van der Waals surface area contributed by atoms with Crippen molar-refractivity contribution in [2.24, 2.45) is 5.73 Å². The first-order chi connectivity index (χ1) is 12.5. The first kappa shape index (κ1) is 17.8. The van der Waals surface area contributed by atoms with Gasteiger partial charge in [0.25, 0.3) is 0 Å². The largest absolute Gasteiger partial charge is 0.326 e. The summed E-state index contributed by atoms with van der Waals surface area (Å²) in [6.07, 6.45) is 7.14. The summed E-state index contributed by atoms with van der Waals surface area (Å²) in [6.45, 7) is 0.136. The third kappa shape index (κ3) is 3.51. The molecule has 2 aromatic rings. The van der Waals surface area contributed by atoms with Gasteiger partial charge in [0.1, 0.15) is 11.6 Å². The molecule has 0 aromatic heterocycles. The summed E-state index contributed by atoms with van der Waals surface area (Å²) in [6, 6.07) is 11.4. The molecule has 0 radical (unpaired) electrons. The third-order valence-electron chi connectivity index (χ3n) is 4.39. The molecule has 0 unspecified atom stereocenters. The standard InChI is InChI=1S/C21H18F2N2O/c1-2-6-19(24)21(26)25-13-15(17-12-16(22)9-10-18(17)23)11-20(25)14-7-4-3-5-8-14/h1,3-5,7-12,19-20H,6,13,24H2/t19-,20-/m0/s1. The van der Waals surface area contributed by atoms with Gasteiger partial charge in [0, 0.05) is 18.5 Å². The summed E-state index contributed by atoms with van der Waals surface area (Å²) >= 11 is 0. The van der Waals surface area contributed by atoms with Crippen LogP contribution in [0.5, 0.6) is 0 Å². The monoisotopic (exact) mass is 352 g/mol. The number of carbonyl (C=O) groups is 1. The van der Waals surface area contributed by atoms with Gasteiger partial charge in [-0.3, -0.25) is 4.79 Å². The number of nitrogens with two attached hydrogens (primary N) is 1. The molecule has 0 fully saturated rings. The lowest BCUT2D eigenvalue weighted by molar-refractivity contribution is -0.132. The number of carbonyl (C=O) groups excluding carboxylic acids is 1. The van der Waals surface area contributed by atoms with Crippen molar-refractivity contribution in [2.45, 2.75) is 18.5 Å². The predicted molar refractivity (Wildman–Crippen MR) is 96.7 cm³/mol. The molecule has 2 atom stereocenters. The molecule has 3 rings (SSSR count). The van der Waals surface area contributed by atoms with E-state index in [0.29, 0.717) is 5.57 Å². The fourth-order valence-corrected chi connectivity index (χ4v) is 3.10. The summed E-state index contributed by atoms with van der Waals surface area (Å²) in [5.74, 6) is 0.997. The molecule has 1 aliphatic heterocycles. The Morgan fingerprint density at radius 1 is 1.27 bits per heavy atom. The Morgan fingerprint density at radius 2 is 2.00 bits per heavy atom. The SMILES string of the molecule is C#CC[C@H](N)C(=O)N1CC(c2cc(F)ccc2F)=C[C@H]1c1ccccc1. The van der Waals surface area contributed by atoms with Crippen LogP contribution in [0.15, 0.2) is 54.6 Å². The third-order valence-corrected chi connectivity index (χ3v) is 4.39. The summed E-state index contributed by atoms with van der Waals surface area (Å²) in [5, 5.41) is 0. The average molecular weight is 352 g/mol. The van der Waals surface area contributed by atoms with Gasteiger partial charge in [-0.2, -0.15) is 0 Å². The van der Waals surface area contributed by atoms with Gasteiger partial charge in [-0.1, -0.05) is 36.4 Å². The van der Waals surface area contributed by atoms with E-state index in [9.17, 15) is 13.6 Å². The number of terminal acetylenes is 1. The van der Waals surface area contributed by atoms with Crippen molar-refractivity contribution in [2.75, 3.05) is 6.54 Å². The molecular formula is C21H18F2N2O. The topological polar surface area (TPSA) is 46.3 Å². The van der Waals surface area contributed by atoms with Crippen molar-refractivity contribution in [3.05, 3.63) is 77.4 Å². The molecule has 0 bridgehead atoms. The van der Waals surface area contributed by atoms with Crippen LogP contribution in [0.4, 0.5) is 8.78 Å². The average Bonchev–Trinajstić information content (AvgIpc) is 3.09. The van der Waals surface area contributed by atoms with Crippen LogP contribution in [0.25, 0.3) is 5.57 Å². The van der Waals surface area contributed by atoms with Crippen LogP contribution in [-0.2, 0) is 4.79 Å². The summed E-state index contributed by atoms with van der Waals surface area (Å²) in [4.78, 5) is 14.3. The maximum absolute atomic E-state index is 14.2. The minimum Gasteiger partial charge on any atom is -0.326 e. The lowest BCUT2D eigenvalue weighted by atomic mass is 10.0. The number of amides is 1. The number of nitrogens with zero attached hydrogens (tertiary/aromatic N) is 1. The molecule has 2 aromatic carbocycles.